The van der Waals surface area contributed by atoms with Crippen LogP contribution in [-0.2, 0) is 38.7 Å². The average Bonchev–Trinajstić information content (AvgIpc) is 2.22. The molecule has 10 nitrogen and oxygen atoms in total. The maximum atomic E-state index is 10.7. The van der Waals surface area contributed by atoms with Gasteiger partial charge in [0, 0.05) is 32.3 Å². The van der Waals surface area contributed by atoms with Crippen molar-refractivity contribution >= 4 is 23.9 Å². The van der Waals surface area contributed by atoms with Gasteiger partial charge in [0.25, 0.3) is 0 Å². The third-order valence-corrected chi connectivity index (χ3v) is 2.20. The smallest absolute Gasteiger partial charge is 0.564 e. The zero-order chi connectivity index (χ0) is 15.7. The van der Waals surface area contributed by atoms with Gasteiger partial charge in [0.2, 0.25) is 0 Å². The molecule has 0 unspecified atom stereocenters. The molecule has 114 valence electrons. The maximum absolute atomic E-state index is 10.7. The summed E-state index contributed by atoms with van der Waals surface area (Å²) in [7, 11) is 0. The molecule has 0 atom stereocenters. The van der Waals surface area contributed by atoms with E-state index in [-0.39, 0.29) is 58.7 Å². The molecule has 0 aliphatic heterocycles. The van der Waals surface area contributed by atoms with Crippen molar-refractivity contribution in [3.05, 3.63) is 0 Å². The summed E-state index contributed by atoms with van der Waals surface area (Å²) in [5, 5.41) is 27.3. The topological polar surface area (TPSA) is 166 Å². The van der Waals surface area contributed by atoms with Gasteiger partial charge in [-0.05, 0) is 0 Å². The maximum Gasteiger partial charge on any atom is 2.00 e. The standard InChI is InChI=1S/C10H16N2O8.Zn/c13-7(14)3-11(4-8(15)16)1-2-12(5-9(17)18)6-10(19)20;/h1-6H2,(H,13,14)(H,15,16)(H,17,18)(H,19,20);/q;+2/p+4. The molecule has 11 heteroatoms. The zero-order valence-electron chi connectivity index (χ0n) is 11.5. The van der Waals surface area contributed by atoms with Crippen LogP contribution >= 0.6 is 0 Å². The third-order valence-electron chi connectivity index (χ3n) is 2.20. The summed E-state index contributed by atoms with van der Waals surface area (Å²) in [6.07, 6.45) is 0. The van der Waals surface area contributed by atoms with Gasteiger partial charge in [0.1, 0.15) is 0 Å². The SMILES string of the molecule is O=C([OH2+])CN(CCN(CC(=O)[OH2+])CC(=O)[OH2+])CC(=O)[OH2+].[Zn+2]. The fraction of sp³-hybridized carbons (Fsp3) is 0.600. The van der Waals surface area contributed by atoms with Crippen LogP contribution in [0.15, 0.2) is 0 Å². The molecule has 8 N–H and O–H groups in total. The van der Waals surface area contributed by atoms with E-state index in [4.69, 9.17) is 20.4 Å². The molecular formula is C10H20N2O8Zn+6. The van der Waals surface area contributed by atoms with Crippen LogP contribution in [0.3, 0.4) is 0 Å². The van der Waals surface area contributed by atoms with Gasteiger partial charge in [-0.2, -0.15) is 0 Å². The van der Waals surface area contributed by atoms with E-state index in [1.807, 2.05) is 0 Å². The molecule has 0 rings (SSSR count). The molecule has 0 saturated carbocycles. The zero-order valence-corrected chi connectivity index (χ0v) is 14.4. The quantitative estimate of drug-likeness (QED) is 0.263. The van der Waals surface area contributed by atoms with Gasteiger partial charge in [0.15, 0.2) is 26.2 Å². The Morgan fingerprint density at radius 1 is 0.571 bits per heavy atom. The van der Waals surface area contributed by atoms with Crippen molar-refractivity contribution in [1.29, 1.82) is 0 Å². The van der Waals surface area contributed by atoms with Crippen molar-refractivity contribution in [2.45, 2.75) is 0 Å². The Kier molecular flexibility index (Phi) is 11.5. The number of carbonyl (C=O) groups is 4. The van der Waals surface area contributed by atoms with Crippen molar-refractivity contribution in [2.75, 3.05) is 39.3 Å². The monoisotopic (exact) mass is 360 g/mol. The Labute approximate surface area is 132 Å². The first-order valence-electron chi connectivity index (χ1n) is 5.63. The number of nitrogens with zero attached hydrogens (tertiary/aromatic N) is 2. The summed E-state index contributed by atoms with van der Waals surface area (Å²) in [6, 6.07) is 0. The molecule has 0 aromatic carbocycles. The van der Waals surface area contributed by atoms with Crippen molar-refractivity contribution in [3.63, 3.8) is 0 Å². The van der Waals surface area contributed by atoms with Crippen molar-refractivity contribution in [2.24, 2.45) is 0 Å². The van der Waals surface area contributed by atoms with Crippen LogP contribution in [0.25, 0.3) is 0 Å². The first-order valence-corrected chi connectivity index (χ1v) is 5.63. The number of carbonyl (C=O) groups excluding carboxylic acids is 4. The summed E-state index contributed by atoms with van der Waals surface area (Å²) >= 11 is 0. The first kappa shape index (κ1) is 21.7. The van der Waals surface area contributed by atoms with E-state index in [2.05, 4.69) is 0 Å². The fourth-order valence-electron chi connectivity index (χ4n) is 1.52. The molecule has 0 aliphatic rings. The van der Waals surface area contributed by atoms with Crippen LogP contribution in [0.4, 0.5) is 0 Å². The number of rotatable bonds is 11. The minimum atomic E-state index is -0.925. The van der Waals surface area contributed by atoms with Gasteiger partial charge < -0.3 is 20.4 Å². The molecule has 0 aromatic heterocycles. The normalized spacial score (nSPS) is 10.2. The van der Waals surface area contributed by atoms with Crippen LogP contribution in [-0.4, -0.2) is 93.4 Å². The summed E-state index contributed by atoms with van der Waals surface area (Å²) < 4.78 is 0. The van der Waals surface area contributed by atoms with Gasteiger partial charge in [-0.1, -0.05) is 0 Å². The summed E-state index contributed by atoms with van der Waals surface area (Å²) in [5.41, 5.74) is 0. The molecule has 0 amide bonds. The number of hydrogen-bond donors (Lipinski definition) is 0. The molecule has 0 aromatic rings. The minimum absolute atomic E-state index is 0. The minimum Gasteiger partial charge on any atom is -0.564 e. The molecule has 0 radical (unpaired) electrons. The molecule has 0 aliphatic carbocycles. The van der Waals surface area contributed by atoms with E-state index in [1.54, 1.807) is 0 Å². The van der Waals surface area contributed by atoms with Crippen molar-refractivity contribution < 1.29 is 59.1 Å². The second-order valence-corrected chi connectivity index (χ2v) is 4.11. The Balaban J connectivity index is 0. The Morgan fingerprint density at radius 2 is 0.762 bits per heavy atom. The Bertz CT molecular complexity index is 321. The Hall–Kier alpha value is -1.58. The largest absolute Gasteiger partial charge is 2.00 e. The van der Waals surface area contributed by atoms with Gasteiger partial charge in [0.05, 0.1) is 0 Å². The van der Waals surface area contributed by atoms with E-state index >= 15 is 0 Å². The fourth-order valence-corrected chi connectivity index (χ4v) is 1.52. The van der Waals surface area contributed by atoms with Crippen LogP contribution < -0.4 is 0 Å². The van der Waals surface area contributed by atoms with Gasteiger partial charge in [-0.25, -0.2) is 0 Å². The third kappa shape index (κ3) is 13.2. The first-order chi connectivity index (χ1) is 9.20. The Morgan fingerprint density at radius 3 is 0.905 bits per heavy atom. The second-order valence-electron chi connectivity index (χ2n) is 4.11. The average molecular weight is 362 g/mol. The summed E-state index contributed by atoms with van der Waals surface area (Å²) in [6.45, 7) is -1.25. The van der Waals surface area contributed by atoms with E-state index < -0.39 is 23.9 Å². The van der Waals surface area contributed by atoms with Gasteiger partial charge >= 0.3 is 43.4 Å². The van der Waals surface area contributed by atoms with Gasteiger partial charge in [-0.15, -0.1) is 0 Å². The molecule has 0 spiro atoms. The van der Waals surface area contributed by atoms with Gasteiger partial charge in [-0.3, -0.25) is 9.80 Å². The predicted octanol–water partition coefficient (Wildman–Crippen LogP) is -5.41. The van der Waals surface area contributed by atoms with E-state index in [0.29, 0.717) is 0 Å². The van der Waals surface area contributed by atoms with Crippen LogP contribution in [0.5, 0.6) is 0 Å². The summed E-state index contributed by atoms with van der Waals surface area (Å²) in [4.78, 5) is 45.3. The van der Waals surface area contributed by atoms with Crippen molar-refractivity contribution in [1.82, 2.24) is 9.80 Å². The molecular weight excluding hydrogens is 342 g/mol. The predicted molar refractivity (Wildman–Crippen MR) is 67.4 cm³/mol. The van der Waals surface area contributed by atoms with E-state index in [1.165, 1.54) is 9.80 Å². The van der Waals surface area contributed by atoms with E-state index in [0.717, 1.165) is 0 Å². The molecule has 21 heavy (non-hydrogen) atoms. The van der Waals surface area contributed by atoms with Crippen LogP contribution in [0, 0.1) is 0 Å². The van der Waals surface area contributed by atoms with Crippen LogP contribution in [0.1, 0.15) is 0 Å². The number of hydrogen-bond acceptors (Lipinski definition) is 6. The summed E-state index contributed by atoms with van der Waals surface area (Å²) in [5.74, 6) is -3.70. The molecule has 0 saturated heterocycles. The van der Waals surface area contributed by atoms with Crippen molar-refractivity contribution in [3.8, 4) is 0 Å². The van der Waals surface area contributed by atoms with E-state index in [9.17, 15) is 19.2 Å². The second kappa shape index (κ2) is 11.1. The molecule has 0 heterocycles. The van der Waals surface area contributed by atoms with Crippen LogP contribution in [0.2, 0.25) is 0 Å². The molecule has 0 bridgehead atoms. The molecule has 0 fully saturated rings.